The summed E-state index contributed by atoms with van der Waals surface area (Å²) in [5, 5.41) is 4.11. The zero-order chi connectivity index (χ0) is 21.8. The second-order valence-corrected chi connectivity index (χ2v) is 8.24. The van der Waals surface area contributed by atoms with Gasteiger partial charge in [-0.2, -0.15) is 0 Å². The molecule has 0 radical (unpaired) electrons. The molecule has 156 valence electrons. The molecule has 4 aromatic rings. The van der Waals surface area contributed by atoms with Crippen LogP contribution in [0.4, 0.5) is 0 Å². The van der Waals surface area contributed by atoms with Crippen LogP contribution in [0.5, 0.6) is 0 Å². The summed E-state index contributed by atoms with van der Waals surface area (Å²) in [4.78, 5) is 18.3. The summed E-state index contributed by atoms with van der Waals surface area (Å²) in [5.74, 6) is -0.0370. The van der Waals surface area contributed by atoms with E-state index >= 15 is 0 Å². The Kier molecular flexibility index (Phi) is 6.13. The SMILES string of the molecule is Cc1ccc(-c2nc3ccccc3c(C(=O)NC(C)CCc3ccccc3)c2C)cc1. The first kappa shape index (κ1) is 20.8. The number of benzene rings is 3. The normalized spacial score (nSPS) is 12.0. The van der Waals surface area contributed by atoms with Crippen LogP contribution in [-0.2, 0) is 6.42 Å². The van der Waals surface area contributed by atoms with E-state index in [9.17, 15) is 4.79 Å². The van der Waals surface area contributed by atoms with Crippen molar-refractivity contribution in [3.63, 3.8) is 0 Å². The number of carbonyl (C=O) groups is 1. The van der Waals surface area contributed by atoms with Gasteiger partial charge in [0.2, 0.25) is 0 Å². The topological polar surface area (TPSA) is 42.0 Å². The zero-order valence-electron chi connectivity index (χ0n) is 18.4. The van der Waals surface area contributed by atoms with Gasteiger partial charge in [0.25, 0.3) is 5.91 Å². The highest BCUT2D eigenvalue weighted by Gasteiger charge is 2.20. The molecule has 0 aliphatic rings. The molecule has 1 N–H and O–H groups in total. The quantitative estimate of drug-likeness (QED) is 0.408. The molecule has 31 heavy (non-hydrogen) atoms. The number of aryl methyl sites for hydroxylation is 2. The smallest absolute Gasteiger partial charge is 0.252 e. The van der Waals surface area contributed by atoms with E-state index in [1.54, 1.807) is 0 Å². The van der Waals surface area contributed by atoms with E-state index in [1.807, 2.05) is 37.3 Å². The van der Waals surface area contributed by atoms with Gasteiger partial charge in [0.1, 0.15) is 0 Å². The van der Waals surface area contributed by atoms with Crippen molar-refractivity contribution < 1.29 is 4.79 Å². The third-order valence-corrected chi connectivity index (χ3v) is 5.77. The summed E-state index contributed by atoms with van der Waals surface area (Å²) >= 11 is 0. The molecule has 1 heterocycles. The molecular weight excluding hydrogens is 380 g/mol. The third kappa shape index (κ3) is 4.66. The van der Waals surface area contributed by atoms with Crippen LogP contribution < -0.4 is 5.32 Å². The van der Waals surface area contributed by atoms with E-state index < -0.39 is 0 Å². The van der Waals surface area contributed by atoms with E-state index in [-0.39, 0.29) is 11.9 Å². The van der Waals surface area contributed by atoms with Crippen LogP contribution in [0.25, 0.3) is 22.2 Å². The van der Waals surface area contributed by atoms with Crippen LogP contribution in [0.15, 0.2) is 78.9 Å². The lowest BCUT2D eigenvalue weighted by molar-refractivity contribution is 0.0939. The highest BCUT2D eigenvalue weighted by molar-refractivity contribution is 6.09. The van der Waals surface area contributed by atoms with Crippen LogP contribution >= 0.6 is 0 Å². The largest absolute Gasteiger partial charge is 0.350 e. The predicted octanol–water partition coefficient (Wildman–Crippen LogP) is 6.27. The molecule has 3 heteroatoms. The lowest BCUT2D eigenvalue weighted by atomic mass is 9.96. The Labute approximate surface area is 184 Å². The Balaban J connectivity index is 1.64. The minimum absolute atomic E-state index is 0.0370. The van der Waals surface area contributed by atoms with Crippen molar-refractivity contribution in [3.8, 4) is 11.3 Å². The van der Waals surface area contributed by atoms with Crippen molar-refractivity contribution in [1.82, 2.24) is 10.3 Å². The molecule has 3 nitrogen and oxygen atoms in total. The molecule has 0 saturated carbocycles. The van der Waals surface area contributed by atoms with E-state index in [4.69, 9.17) is 4.98 Å². The lowest BCUT2D eigenvalue weighted by Crippen LogP contribution is -2.33. The number of aromatic nitrogens is 1. The van der Waals surface area contributed by atoms with Gasteiger partial charge in [-0.25, -0.2) is 4.98 Å². The van der Waals surface area contributed by atoms with Crippen LogP contribution in [0, 0.1) is 13.8 Å². The number of pyridine rings is 1. The Hall–Kier alpha value is -3.46. The highest BCUT2D eigenvalue weighted by atomic mass is 16.1. The van der Waals surface area contributed by atoms with Gasteiger partial charge in [0, 0.05) is 17.0 Å². The molecule has 3 aromatic carbocycles. The molecule has 0 saturated heterocycles. The fraction of sp³-hybridized carbons (Fsp3) is 0.214. The second kappa shape index (κ2) is 9.13. The molecular formula is C28H28N2O. The molecule has 0 aliphatic carbocycles. The van der Waals surface area contributed by atoms with Crippen molar-refractivity contribution >= 4 is 16.8 Å². The summed E-state index contributed by atoms with van der Waals surface area (Å²) in [5.41, 5.74) is 6.85. The molecule has 1 aromatic heterocycles. The van der Waals surface area contributed by atoms with Crippen molar-refractivity contribution in [1.29, 1.82) is 0 Å². The maximum atomic E-state index is 13.4. The average Bonchev–Trinajstić information content (AvgIpc) is 2.78. The van der Waals surface area contributed by atoms with Crippen molar-refractivity contribution in [2.45, 2.75) is 39.7 Å². The number of amides is 1. The Morgan fingerprint density at radius 3 is 2.32 bits per heavy atom. The summed E-state index contributed by atoms with van der Waals surface area (Å²) in [6.45, 7) is 6.14. The van der Waals surface area contributed by atoms with Gasteiger partial charge < -0.3 is 5.32 Å². The van der Waals surface area contributed by atoms with Gasteiger partial charge in [-0.15, -0.1) is 0 Å². The standard InChI is InChI=1S/C28H28N2O/c1-19-13-17-23(18-14-19)27-21(3)26(24-11-7-8-12-25(24)30-27)28(31)29-20(2)15-16-22-9-5-4-6-10-22/h4-14,17-18,20H,15-16H2,1-3H3,(H,29,31). The van der Waals surface area contributed by atoms with Gasteiger partial charge in [0.15, 0.2) is 0 Å². The fourth-order valence-corrected chi connectivity index (χ4v) is 3.99. The molecule has 1 unspecified atom stereocenters. The Morgan fingerprint density at radius 1 is 0.903 bits per heavy atom. The minimum atomic E-state index is -0.0370. The van der Waals surface area contributed by atoms with E-state index in [2.05, 4.69) is 67.7 Å². The van der Waals surface area contributed by atoms with Crippen LogP contribution in [-0.4, -0.2) is 16.9 Å². The first-order valence-electron chi connectivity index (χ1n) is 10.8. The predicted molar refractivity (Wildman–Crippen MR) is 128 cm³/mol. The first-order valence-corrected chi connectivity index (χ1v) is 10.8. The van der Waals surface area contributed by atoms with Crippen molar-refractivity contribution in [2.24, 2.45) is 0 Å². The number of para-hydroxylation sites is 1. The van der Waals surface area contributed by atoms with Gasteiger partial charge in [-0.05, 0) is 50.8 Å². The molecule has 0 fully saturated rings. The number of nitrogens with one attached hydrogen (secondary N) is 1. The fourth-order valence-electron chi connectivity index (χ4n) is 3.99. The summed E-state index contributed by atoms with van der Waals surface area (Å²) < 4.78 is 0. The molecule has 0 aliphatic heterocycles. The highest BCUT2D eigenvalue weighted by Crippen LogP contribution is 2.30. The molecule has 1 amide bonds. The van der Waals surface area contributed by atoms with Crippen molar-refractivity contribution in [2.75, 3.05) is 0 Å². The van der Waals surface area contributed by atoms with Crippen LogP contribution in [0.3, 0.4) is 0 Å². The lowest BCUT2D eigenvalue weighted by Gasteiger charge is -2.18. The van der Waals surface area contributed by atoms with Gasteiger partial charge >= 0.3 is 0 Å². The van der Waals surface area contributed by atoms with Crippen molar-refractivity contribution in [3.05, 3.63) is 101 Å². The summed E-state index contributed by atoms with van der Waals surface area (Å²) in [6, 6.07) is 26.7. The summed E-state index contributed by atoms with van der Waals surface area (Å²) in [7, 11) is 0. The number of rotatable bonds is 6. The van der Waals surface area contributed by atoms with Crippen LogP contribution in [0.2, 0.25) is 0 Å². The van der Waals surface area contributed by atoms with Gasteiger partial charge in [-0.1, -0.05) is 78.4 Å². The molecule has 0 bridgehead atoms. The van der Waals surface area contributed by atoms with E-state index in [1.165, 1.54) is 11.1 Å². The number of hydrogen-bond acceptors (Lipinski definition) is 2. The van der Waals surface area contributed by atoms with E-state index in [0.717, 1.165) is 40.6 Å². The molecule has 0 spiro atoms. The number of carbonyl (C=O) groups excluding carboxylic acids is 1. The Bertz CT molecular complexity index is 1200. The third-order valence-electron chi connectivity index (χ3n) is 5.77. The van der Waals surface area contributed by atoms with Crippen LogP contribution in [0.1, 0.15) is 40.4 Å². The van der Waals surface area contributed by atoms with E-state index in [0.29, 0.717) is 5.56 Å². The summed E-state index contributed by atoms with van der Waals surface area (Å²) in [6.07, 6.45) is 1.83. The maximum absolute atomic E-state index is 13.4. The zero-order valence-corrected chi connectivity index (χ0v) is 18.4. The molecule has 1 atom stereocenters. The van der Waals surface area contributed by atoms with Gasteiger partial charge in [-0.3, -0.25) is 4.79 Å². The second-order valence-electron chi connectivity index (χ2n) is 8.24. The number of hydrogen-bond donors (Lipinski definition) is 1. The number of nitrogens with zero attached hydrogens (tertiary/aromatic N) is 1. The maximum Gasteiger partial charge on any atom is 0.252 e. The Morgan fingerprint density at radius 2 is 1.58 bits per heavy atom. The monoisotopic (exact) mass is 408 g/mol. The van der Waals surface area contributed by atoms with Gasteiger partial charge in [0.05, 0.1) is 16.8 Å². The average molecular weight is 409 g/mol. The minimum Gasteiger partial charge on any atom is -0.350 e. The molecule has 4 rings (SSSR count). The first-order chi connectivity index (χ1) is 15.0. The number of fused-ring (bicyclic) bond motifs is 1.